The number of hydrogen-bond acceptors (Lipinski definition) is 4. The summed E-state index contributed by atoms with van der Waals surface area (Å²) in [6, 6.07) is 15.5. The molecular formula is C21H18FN3S2. The number of halogens is 1. The predicted molar refractivity (Wildman–Crippen MR) is 112 cm³/mol. The summed E-state index contributed by atoms with van der Waals surface area (Å²) >= 11 is 3.10. The lowest BCUT2D eigenvalue weighted by atomic mass is 10.0. The van der Waals surface area contributed by atoms with E-state index in [-0.39, 0.29) is 5.82 Å². The monoisotopic (exact) mass is 395 g/mol. The highest BCUT2D eigenvalue weighted by molar-refractivity contribution is 7.98. The zero-order valence-electron chi connectivity index (χ0n) is 15.2. The molecule has 136 valence electrons. The second-order valence-corrected chi connectivity index (χ2v) is 7.85. The van der Waals surface area contributed by atoms with Crippen LogP contribution >= 0.6 is 23.5 Å². The van der Waals surface area contributed by atoms with Crippen molar-refractivity contribution in [2.75, 3.05) is 12.5 Å². The lowest BCUT2D eigenvalue weighted by molar-refractivity contribution is 0.602. The fraction of sp³-hybridized carbons (Fsp3) is 0.143. The van der Waals surface area contributed by atoms with Crippen LogP contribution in [0.1, 0.15) is 5.69 Å². The Bertz CT molecular complexity index is 1120. The molecule has 0 saturated heterocycles. The van der Waals surface area contributed by atoms with E-state index in [9.17, 15) is 4.39 Å². The molecule has 0 N–H and O–H groups in total. The molecule has 2 aromatic carbocycles. The molecule has 0 aliphatic rings. The molecule has 0 radical (unpaired) electrons. The average Bonchev–Trinajstić information content (AvgIpc) is 3.06. The number of benzene rings is 2. The van der Waals surface area contributed by atoms with Crippen LogP contribution in [-0.4, -0.2) is 26.9 Å². The van der Waals surface area contributed by atoms with Crippen LogP contribution in [0.25, 0.3) is 28.3 Å². The molecule has 27 heavy (non-hydrogen) atoms. The standard InChI is InChI=1S/C21H18FN3S2/c1-13-10-11-25-20(15-6-9-18(27-3)17(22)12-15)19(24-21(25)23-13)14-4-7-16(26-2)8-5-14/h4-12H,1-3H3. The minimum atomic E-state index is -0.223. The maximum atomic E-state index is 14.5. The minimum Gasteiger partial charge on any atom is -0.283 e. The molecular weight excluding hydrogens is 377 g/mol. The van der Waals surface area contributed by atoms with E-state index < -0.39 is 0 Å². The third kappa shape index (κ3) is 3.35. The number of hydrogen-bond donors (Lipinski definition) is 0. The van der Waals surface area contributed by atoms with Gasteiger partial charge in [0.1, 0.15) is 5.82 Å². The Morgan fingerprint density at radius 2 is 1.63 bits per heavy atom. The van der Waals surface area contributed by atoms with Gasteiger partial charge in [0.05, 0.1) is 11.4 Å². The van der Waals surface area contributed by atoms with Crippen LogP contribution in [-0.2, 0) is 0 Å². The summed E-state index contributed by atoms with van der Waals surface area (Å²) in [7, 11) is 0. The van der Waals surface area contributed by atoms with E-state index in [2.05, 4.69) is 29.2 Å². The zero-order valence-corrected chi connectivity index (χ0v) is 16.9. The average molecular weight is 396 g/mol. The summed E-state index contributed by atoms with van der Waals surface area (Å²) in [6.07, 6.45) is 5.87. The number of rotatable bonds is 4. The number of nitrogens with zero attached hydrogens (tertiary/aromatic N) is 3. The Labute approximate surface area is 166 Å². The highest BCUT2D eigenvalue weighted by Gasteiger charge is 2.18. The van der Waals surface area contributed by atoms with Gasteiger partial charge in [-0.05, 0) is 49.8 Å². The molecule has 0 aliphatic carbocycles. The molecule has 0 spiro atoms. The van der Waals surface area contributed by atoms with Crippen molar-refractivity contribution < 1.29 is 4.39 Å². The molecule has 4 aromatic rings. The number of thioether (sulfide) groups is 2. The molecule has 6 heteroatoms. The van der Waals surface area contributed by atoms with Crippen molar-refractivity contribution in [1.82, 2.24) is 14.4 Å². The zero-order chi connectivity index (χ0) is 19.0. The van der Waals surface area contributed by atoms with Gasteiger partial charge in [-0.15, -0.1) is 23.5 Å². The normalized spacial score (nSPS) is 11.3. The van der Waals surface area contributed by atoms with Gasteiger partial charge in [0, 0.05) is 32.8 Å². The second-order valence-electron chi connectivity index (χ2n) is 6.13. The predicted octanol–water partition coefficient (Wildman–Crippen LogP) is 5.95. The van der Waals surface area contributed by atoms with Gasteiger partial charge >= 0.3 is 0 Å². The van der Waals surface area contributed by atoms with E-state index in [1.165, 1.54) is 16.7 Å². The molecule has 0 aliphatic heterocycles. The summed E-state index contributed by atoms with van der Waals surface area (Å²) in [5.74, 6) is 0.391. The summed E-state index contributed by atoms with van der Waals surface area (Å²) in [5, 5.41) is 0. The maximum Gasteiger partial charge on any atom is 0.235 e. The number of imidazole rings is 1. The quantitative estimate of drug-likeness (QED) is 0.399. The van der Waals surface area contributed by atoms with Crippen molar-refractivity contribution in [1.29, 1.82) is 0 Å². The minimum absolute atomic E-state index is 0.223. The molecule has 0 bridgehead atoms. The van der Waals surface area contributed by atoms with Crippen LogP contribution in [0.5, 0.6) is 0 Å². The molecule has 0 saturated carbocycles. The van der Waals surface area contributed by atoms with Crippen molar-refractivity contribution >= 4 is 29.3 Å². The number of fused-ring (bicyclic) bond motifs is 1. The lowest BCUT2D eigenvalue weighted by Crippen LogP contribution is -1.93. The fourth-order valence-electron chi connectivity index (χ4n) is 3.06. The molecule has 2 aromatic heterocycles. The Morgan fingerprint density at radius 1 is 0.889 bits per heavy atom. The van der Waals surface area contributed by atoms with Crippen LogP contribution < -0.4 is 0 Å². The van der Waals surface area contributed by atoms with Crippen LogP contribution in [0.15, 0.2) is 64.5 Å². The SMILES string of the molecule is CSc1ccc(-c2nc3nc(C)ccn3c2-c2ccc(SC)c(F)c2)cc1. The van der Waals surface area contributed by atoms with Crippen molar-refractivity contribution in [3.8, 4) is 22.5 Å². The lowest BCUT2D eigenvalue weighted by Gasteiger charge is -2.08. The van der Waals surface area contributed by atoms with Crippen molar-refractivity contribution in [3.05, 3.63) is 66.2 Å². The van der Waals surface area contributed by atoms with Crippen LogP contribution in [0.4, 0.5) is 4.39 Å². The molecule has 3 nitrogen and oxygen atoms in total. The van der Waals surface area contributed by atoms with E-state index >= 15 is 0 Å². The largest absolute Gasteiger partial charge is 0.283 e. The van der Waals surface area contributed by atoms with Gasteiger partial charge < -0.3 is 0 Å². The first-order valence-corrected chi connectivity index (χ1v) is 10.9. The van der Waals surface area contributed by atoms with Gasteiger partial charge in [0.25, 0.3) is 0 Å². The Morgan fingerprint density at radius 3 is 2.30 bits per heavy atom. The van der Waals surface area contributed by atoms with Gasteiger partial charge in [-0.25, -0.2) is 14.4 Å². The second kappa shape index (κ2) is 7.37. The molecule has 0 amide bonds. The van der Waals surface area contributed by atoms with E-state index in [0.29, 0.717) is 10.7 Å². The molecule has 4 rings (SSSR count). The van der Waals surface area contributed by atoms with Gasteiger partial charge in [0.15, 0.2) is 0 Å². The highest BCUT2D eigenvalue weighted by Crippen LogP contribution is 2.35. The van der Waals surface area contributed by atoms with Crippen molar-refractivity contribution in [2.24, 2.45) is 0 Å². The van der Waals surface area contributed by atoms with E-state index in [1.54, 1.807) is 17.8 Å². The Balaban J connectivity index is 1.97. The summed E-state index contributed by atoms with van der Waals surface area (Å²) < 4.78 is 16.4. The number of aryl methyl sites for hydroxylation is 1. The summed E-state index contributed by atoms with van der Waals surface area (Å²) in [4.78, 5) is 11.1. The van der Waals surface area contributed by atoms with E-state index in [0.717, 1.165) is 28.2 Å². The van der Waals surface area contributed by atoms with Gasteiger partial charge in [-0.3, -0.25) is 4.40 Å². The molecule has 2 heterocycles. The third-order valence-corrected chi connectivity index (χ3v) is 5.94. The molecule has 0 fully saturated rings. The summed E-state index contributed by atoms with van der Waals surface area (Å²) in [5.41, 5.74) is 4.32. The first kappa shape index (κ1) is 18.1. The Hall–Kier alpha value is -2.31. The smallest absolute Gasteiger partial charge is 0.235 e. The van der Waals surface area contributed by atoms with Crippen LogP contribution in [0, 0.1) is 12.7 Å². The van der Waals surface area contributed by atoms with E-state index in [4.69, 9.17) is 4.98 Å². The molecule has 0 atom stereocenters. The van der Waals surface area contributed by atoms with Gasteiger partial charge in [-0.1, -0.05) is 18.2 Å². The first-order chi connectivity index (χ1) is 13.1. The van der Waals surface area contributed by atoms with Gasteiger partial charge in [-0.2, -0.15) is 0 Å². The van der Waals surface area contributed by atoms with Crippen molar-refractivity contribution in [3.63, 3.8) is 0 Å². The van der Waals surface area contributed by atoms with Crippen LogP contribution in [0.2, 0.25) is 0 Å². The highest BCUT2D eigenvalue weighted by atomic mass is 32.2. The summed E-state index contributed by atoms with van der Waals surface area (Å²) in [6.45, 7) is 1.94. The van der Waals surface area contributed by atoms with Crippen molar-refractivity contribution in [2.45, 2.75) is 16.7 Å². The third-order valence-electron chi connectivity index (χ3n) is 4.42. The van der Waals surface area contributed by atoms with Crippen LogP contribution in [0.3, 0.4) is 0 Å². The maximum absolute atomic E-state index is 14.5. The van der Waals surface area contributed by atoms with E-state index in [1.807, 2.05) is 48.2 Å². The first-order valence-electron chi connectivity index (χ1n) is 8.44. The number of aromatic nitrogens is 3. The topological polar surface area (TPSA) is 30.2 Å². The fourth-order valence-corrected chi connectivity index (χ4v) is 3.92. The molecule has 0 unspecified atom stereocenters. The van der Waals surface area contributed by atoms with Gasteiger partial charge in [0.2, 0.25) is 5.78 Å². The Kier molecular flexibility index (Phi) is 4.93.